The molecule has 0 aliphatic heterocycles. The Morgan fingerprint density at radius 2 is 2.00 bits per heavy atom. The molecule has 0 bridgehead atoms. The molecule has 1 nitrogen and oxygen atoms in total. The van der Waals surface area contributed by atoms with Gasteiger partial charge in [0.2, 0.25) is 0 Å². The van der Waals surface area contributed by atoms with Gasteiger partial charge in [0.25, 0.3) is 0 Å². The number of aromatic nitrogens is 1. The Balaban J connectivity index is 2.94. The predicted molar refractivity (Wildman–Crippen MR) is 59.4 cm³/mol. The quantitative estimate of drug-likeness (QED) is 0.700. The molecule has 2 aromatic rings. The molecule has 5 heteroatoms. The van der Waals surface area contributed by atoms with E-state index in [1.54, 1.807) is 6.07 Å². The predicted octanol–water partition coefficient (Wildman–Crippen LogP) is 4.44. The van der Waals surface area contributed by atoms with Crippen LogP contribution >= 0.6 is 39.1 Å². The summed E-state index contributed by atoms with van der Waals surface area (Å²) in [5.41, 5.74) is 0.186. The van der Waals surface area contributed by atoms with Gasteiger partial charge in [0.05, 0.1) is 14.5 Å². The van der Waals surface area contributed by atoms with E-state index in [2.05, 4.69) is 20.9 Å². The van der Waals surface area contributed by atoms with Crippen molar-refractivity contribution in [3.05, 3.63) is 38.7 Å². The number of rotatable bonds is 0. The normalized spacial score (nSPS) is 10.9. The van der Waals surface area contributed by atoms with Crippen LogP contribution in [0.5, 0.6) is 0 Å². The van der Waals surface area contributed by atoms with Crippen molar-refractivity contribution in [3.8, 4) is 0 Å². The molecule has 0 radical (unpaired) electrons. The van der Waals surface area contributed by atoms with Crippen LogP contribution in [-0.2, 0) is 0 Å². The van der Waals surface area contributed by atoms with E-state index in [0.717, 1.165) is 0 Å². The number of nitrogens with zero attached hydrogens (tertiary/aromatic N) is 1. The van der Waals surface area contributed by atoms with Crippen molar-refractivity contribution in [2.75, 3.05) is 0 Å². The zero-order chi connectivity index (χ0) is 10.3. The van der Waals surface area contributed by atoms with E-state index in [9.17, 15) is 4.39 Å². The summed E-state index contributed by atoms with van der Waals surface area (Å²) >= 11 is 14.8. The summed E-state index contributed by atoms with van der Waals surface area (Å²) < 4.78 is 14.1. The molecule has 0 unspecified atom stereocenters. The van der Waals surface area contributed by atoms with Gasteiger partial charge in [-0.1, -0.05) is 23.2 Å². The van der Waals surface area contributed by atoms with Crippen molar-refractivity contribution >= 4 is 50.0 Å². The maximum absolute atomic E-state index is 13.4. The number of benzene rings is 1. The van der Waals surface area contributed by atoms with Crippen LogP contribution in [-0.4, -0.2) is 4.98 Å². The molecule has 72 valence electrons. The first-order valence-electron chi connectivity index (χ1n) is 3.69. The number of fused-ring (bicyclic) bond motifs is 1. The van der Waals surface area contributed by atoms with Gasteiger partial charge in [0.1, 0.15) is 5.52 Å². The summed E-state index contributed by atoms with van der Waals surface area (Å²) in [5, 5.41) is 1.02. The largest absolute Gasteiger partial charge is 0.252 e. The highest BCUT2D eigenvalue weighted by Gasteiger charge is 2.10. The third-order valence-corrected chi connectivity index (χ3v) is 3.35. The number of pyridine rings is 1. The summed E-state index contributed by atoms with van der Waals surface area (Å²) in [7, 11) is 0. The van der Waals surface area contributed by atoms with Crippen molar-refractivity contribution in [1.29, 1.82) is 0 Å². The lowest BCUT2D eigenvalue weighted by molar-refractivity contribution is 0.637. The molecule has 14 heavy (non-hydrogen) atoms. The van der Waals surface area contributed by atoms with E-state index in [1.807, 2.05) is 0 Å². The summed E-state index contributed by atoms with van der Waals surface area (Å²) in [5.74, 6) is -0.543. The smallest absolute Gasteiger partial charge is 0.168 e. The summed E-state index contributed by atoms with van der Waals surface area (Å²) in [6.45, 7) is 0. The second-order valence-electron chi connectivity index (χ2n) is 2.68. The van der Waals surface area contributed by atoms with Crippen LogP contribution in [0.1, 0.15) is 0 Å². The van der Waals surface area contributed by atoms with Gasteiger partial charge >= 0.3 is 0 Å². The first-order chi connectivity index (χ1) is 6.61. The van der Waals surface area contributed by atoms with Crippen molar-refractivity contribution < 1.29 is 4.39 Å². The molecule has 0 aliphatic carbocycles. The fraction of sp³-hybridized carbons (Fsp3) is 0. The molecule has 0 amide bonds. The molecule has 0 atom stereocenters. The molecule has 1 aromatic heterocycles. The number of halogens is 4. The molecule has 1 aromatic carbocycles. The molecular formula is C9H3BrCl2FN. The summed E-state index contributed by atoms with van der Waals surface area (Å²) in [6.07, 6.45) is 1.45. The minimum Gasteiger partial charge on any atom is -0.252 e. The Bertz CT molecular complexity index is 468. The van der Waals surface area contributed by atoms with Crippen LogP contribution in [0.15, 0.2) is 22.8 Å². The van der Waals surface area contributed by atoms with E-state index in [4.69, 9.17) is 23.2 Å². The molecule has 0 spiro atoms. The Morgan fingerprint density at radius 1 is 1.29 bits per heavy atom. The maximum atomic E-state index is 13.4. The van der Waals surface area contributed by atoms with Gasteiger partial charge in [-0.2, -0.15) is 0 Å². The minimum atomic E-state index is -0.543. The summed E-state index contributed by atoms with van der Waals surface area (Å²) in [6, 6.07) is 3.10. The average Bonchev–Trinajstić information content (AvgIpc) is 2.17. The number of hydrogen-bond donors (Lipinski definition) is 0. The Kier molecular flexibility index (Phi) is 2.64. The first-order valence-corrected chi connectivity index (χ1v) is 5.24. The topological polar surface area (TPSA) is 12.9 Å². The van der Waals surface area contributed by atoms with E-state index in [-0.39, 0.29) is 10.5 Å². The minimum absolute atomic E-state index is 0.0448. The van der Waals surface area contributed by atoms with Gasteiger partial charge in [-0.25, -0.2) is 4.39 Å². The highest BCUT2D eigenvalue weighted by atomic mass is 79.9. The molecular weight excluding hydrogens is 292 g/mol. The van der Waals surface area contributed by atoms with Gasteiger partial charge in [0, 0.05) is 11.6 Å². The van der Waals surface area contributed by atoms with Crippen molar-refractivity contribution in [2.45, 2.75) is 0 Å². The SMILES string of the molecule is Fc1c(Cl)ccc2c(Cl)c(Br)cnc12. The number of hydrogen-bond acceptors (Lipinski definition) is 1. The summed E-state index contributed by atoms with van der Waals surface area (Å²) in [4.78, 5) is 3.91. The van der Waals surface area contributed by atoms with E-state index in [1.165, 1.54) is 12.3 Å². The third kappa shape index (κ3) is 1.49. The molecule has 1 heterocycles. The van der Waals surface area contributed by atoms with Crippen molar-refractivity contribution in [1.82, 2.24) is 4.98 Å². The fourth-order valence-corrected chi connectivity index (χ4v) is 1.82. The van der Waals surface area contributed by atoms with Gasteiger partial charge in [-0.15, -0.1) is 0 Å². The zero-order valence-corrected chi connectivity index (χ0v) is 9.79. The van der Waals surface area contributed by atoms with Crippen LogP contribution in [0.3, 0.4) is 0 Å². The van der Waals surface area contributed by atoms with Gasteiger partial charge in [-0.05, 0) is 28.1 Å². The van der Waals surface area contributed by atoms with Gasteiger partial charge < -0.3 is 0 Å². The van der Waals surface area contributed by atoms with E-state index < -0.39 is 5.82 Å². The van der Waals surface area contributed by atoms with Gasteiger partial charge in [-0.3, -0.25) is 4.98 Å². The zero-order valence-electron chi connectivity index (χ0n) is 6.69. The van der Waals surface area contributed by atoms with E-state index >= 15 is 0 Å². The first kappa shape index (κ1) is 10.1. The standard InChI is InChI=1S/C9H3BrCl2FN/c10-5-3-14-9-4(7(5)12)1-2-6(11)8(9)13/h1-3H. The monoisotopic (exact) mass is 293 g/mol. The molecule has 0 saturated heterocycles. The third-order valence-electron chi connectivity index (χ3n) is 1.82. The Labute approximate surface area is 98.0 Å². The van der Waals surface area contributed by atoms with E-state index in [0.29, 0.717) is 14.9 Å². The van der Waals surface area contributed by atoms with Crippen LogP contribution in [0.2, 0.25) is 10.0 Å². The van der Waals surface area contributed by atoms with Crippen LogP contribution in [0.4, 0.5) is 4.39 Å². The highest BCUT2D eigenvalue weighted by molar-refractivity contribution is 9.10. The molecule has 0 fully saturated rings. The fourth-order valence-electron chi connectivity index (χ4n) is 1.15. The maximum Gasteiger partial charge on any atom is 0.168 e. The van der Waals surface area contributed by atoms with Crippen molar-refractivity contribution in [3.63, 3.8) is 0 Å². The second-order valence-corrected chi connectivity index (χ2v) is 4.32. The highest BCUT2D eigenvalue weighted by Crippen LogP contribution is 2.32. The van der Waals surface area contributed by atoms with Crippen LogP contribution < -0.4 is 0 Å². The van der Waals surface area contributed by atoms with Crippen molar-refractivity contribution in [2.24, 2.45) is 0 Å². The van der Waals surface area contributed by atoms with Crippen LogP contribution in [0, 0.1) is 5.82 Å². The van der Waals surface area contributed by atoms with Crippen LogP contribution in [0.25, 0.3) is 10.9 Å². The average molecular weight is 295 g/mol. The lowest BCUT2D eigenvalue weighted by Gasteiger charge is -2.03. The lowest BCUT2D eigenvalue weighted by atomic mass is 10.2. The molecule has 0 N–H and O–H groups in total. The molecule has 0 saturated carbocycles. The molecule has 2 rings (SSSR count). The van der Waals surface area contributed by atoms with Gasteiger partial charge in [0.15, 0.2) is 5.82 Å². The second kappa shape index (κ2) is 3.65. The molecule has 0 aliphatic rings. The lowest BCUT2D eigenvalue weighted by Crippen LogP contribution is -1.87. The Hall–Kier alpha value is -0.380. The Morgan fingerprint density at radius 3 is 2.71 bits per heavy atom.